The van der Waals surface area contributed by atoms with Crippen molar-refractivity contribution in [3.8, 4) is 0 Å². The van der Waals surface area contributed by atoms with Gasteiger partial charge >= 0.3 is 6.03 Å². The Bertz CT molecular complexity index is 334. The summed E-state index contributed by atoms with van der Waals surface area (Å²) in [6.07, 6.45) is 0. The number of benzene rings is 1. The molecule has 2 amide bonds. The predicted molar refractivity (Wildman–Crippen MR) is 53.9 cm³/mol. The van der Waals surface area contributed by atoms with E-state index in [2.05, 4.69) is 0 Å². The van der Waals surface area contributed by atoms with Crippen molar-refractivity contribution in [1.82, 2.24) is 0 Å². The third-order valence-corrected chi connectivity index (χ3v) is 2.21. The summed E-state index contributed by atoms with van der Waals surface area (Å²) in [6, 6.07) is 5.36. The molecule has 0 heterocycles. The van der Waals surface area contributed by atoms with Gasteiger partial charge in [0.25, 0.3) is 0 Å². The Kier molecular flexibility index (Phi) is 2.56. The van der Waals surface area contributed by atoms with Crippen molar-refractivity contribution in [2.24, 2.45) is 5.73 Å². The highest BCUT2D eigenvalue weighted by Crippen LogP contribution is 2.16. The number of aryl methyl sites for hydroxylation is 2. The molecule has 1 aromatic rings. The van der Waals surface area contributed by atoms with E-state index in [0.717, 1.165) is 11.3 Å². The van der Waals surface area contributed by atoms with Gasteiger partial charge in [0.15, 0.2) is 0 Å². The van der Waals surface area contributed by atoms with Crippen LogP contribution in [-0.4, -0.2) is 13.1 Å². The smallest absolute Gasteiger partial charge is 0.318 e. The van der Waals surface area contributed by atoms with Gasteiger partial charge in [-0.2, -0.15) is 0 Å². The van der Waals surface area contributed by atoms with Crippen LogP contribution in [0.25, 0.3) is 0 Å². The van der Waals surface area contributed by atoms with Gasteiger partial charge in [-0.05, 0) is 37.1 Å². The maximum Gasteiger partial charge on any atom is 0.318 e. The van der Waals surface area contributed by atoms with E-state index >= 15 is 0 Å². The minimum absolute atomic E-state index is 0.441. The largest absolute Gasteiger partial charge is 0.351 e. The number of nitrogens with zero attached hydrogens (tertiary/aromatic N) is 1. The molecule has 0 aliphatic heterocycles. The lowest BCUT2D eigenvalue weighted by Gasteiger charge is -2.15. The van der Waals surface area contributed by atoms with Gasteiger partial charge in [0.05, 0.1) is 0 Å². The van der Waals surface area contributed by atoms with E-state index < -0.39 is 6.03 Å². The fourth-order valence-corrected chi connectivity index (χ4v) is 1.06. The minimum Gasteiger partial charge on any atom is -0.351 e. The van der Waals surface area contributed by atoms with Crippen LogP contribution in [0.15, 0.2) is 18.2 Å². The molecule has 2 N–H and O–H groups in total. The Balaban J connectivity index is 3.03. The summed E-state index contributed by atoms with van der Waals surface area (Å²) in [6.45, 7) is 4.04. The zero-order valence-corrected chi connectivity index (χ0v) is 8.16. The number of hydrogen-bond donors (Lipinski definition) is 1. The third-order valence-electron chi connectivity index (χ3n) is 2.21. The Morgan fingerprint density at radius 1 is 1.31 bits per heavy atom. The van der Waals surface area contributed by atoms with Crippen LogP contribution in [0.4, 0.5) is 10.5 Å². The summed E-state index contributed by atoms with van der Waals surface area (Å²) in [4.78, 5) is 12.3. The second kappa shape index (κ2) is 3.47. The highest BCUT2D eigenvalue weighted by Gasteiger charge is 2.06. The van der Waals surface area contributed by atoms with Crippen LogP contribution < -0.4 is 10.6 Å². The SMILES string of the molecule is Cc1ccc(N(C)C(N)=O)cc1C. The first-order chi connectivity index (χ1) is 6.02. The molecule has 3 heteroatoms. The zero-order chi connectivity index (χ0) is 10.0. The molecule has 1 aromatic carbocycles. The molecule has 0 radical (unpaired) electrons. The van der Waals surface area contributed by atoms with Crippen LogP contribution in [0.1, 0.15) is 11.1 Å². The van der Waals surface area contributed by atoms with Gasteiger partial charge in [-0.25, -0.2) is 4.79 Å². The van der Waals surface area contributed by atoms with Crippen LogP contribution in [0.2, 0.25) is 0 Å². The van der Waals surface area contributed by atoms with E-state index in [1.165, 1.54) is 10.5 Å². The van der Waals surface area contributed by atoms with Crippen LogP contribution in [0.5, 0.6) is 0 Å². The average Bonchev–Trinajstić information content (AvgIpc) is 2.08. The summed E-state index contributed by atoms with van der Waals surface area (Å²) in [7, 11) is 1.66. The maximum absolute atomic E-state index is 10.8. The van der Waals surface area contributed by atoms with Crippen LogP contribution in [0, 0.1) is 13.8 Å². The monoisotopic (exact) mass is 178 g/mol. The first kappa shape index (κ1) is 9.58. The molecule has 0 fully saturated rings. The van der Waals surface area contributed by atoms with Crippen molar-refractivity contribution in [3.05, 3.63) is 29.3 Å². The van der Waals surface area contributed by atoms with Crippen molar-refractivity contribution in [2.45, 2.75) is 13.8 Å². The molecule has 0 aliphatic carbocycles. The molecule has 0 bridgehead atoms. The Hall–Kier alpha value is -1.51. The highest BCUT2D eigenvalue weighted by atomic mass is 16.2. The summed E-state index contributed by atoms with van der Waals surface area (Å²) in [5.41, 5.74) is 8.34. The van der Waals surface area contributed by atoms with Gasteiger partial charge in [-0.1, -0.05) is 6.07 Å². The third kappa shape index (κ3) is 1.99. The maximum atomic E-state index is 10.8. The highest BCUT2D eigenvalue weighted by molar-refractivity contribution is 5.90. The van der Waals surface area contributed by atoms with Gasteiger partial charge in [0.1, 0.15) is 0 Å². The Morgan fingerprint density at radius 2 is 1.92 bits per heavy atom. The molecule has 13 heavy (non-hydrogen) atoms. The van der Waals surface area contributed by atoms with Gasteiger partial charge < -0.3 is 5.73 Å². The molecule has 0 saturated heterocycles. The molecule has 0 aromatic heterocycles. The van der Waals surface area contributed by atoms with Gasteiger partial charge in [-0.3, -0.25) is 4.90 Å². The van der Waals surface area contributed by atoms with Gasteiger partial charge in [0.2, 0.25) is 0 Å². The Morgan fingerprint density at radius 3 is 2.38 bits per heavy atom. The van der Waals surface area contributed by atoms with E-state index in [-0.39, 0.29) is 0 Å². The minimum atomic E-state index is -0.441. The summed E-state index contributed by atoms with van der Waals surface area (Å²) in [5, 5.41) is 0. The van der Waals surface area contributed by atoms with Crippen LogP contribution in [-0.2, 0) is 0 Å². The lowest BCUT2D eigenvalue weighted by atomic mass is 10.1. The van der Waals surface area contributed by atoms with Gasteiger partial charge in [0, 0.05) is 12.7 Å². The van der Waals surface area contributed by atoms with E-state index in [1.807, 2.05) is 32.0 Å². The van der Waals surface area contributed by atoms with E-state index in [4.69, 9.17) is 5.73 Å². The number of carbonyl (C=O) groups is 1. The molecule has 0 spiro atoms. The van der Waals surface area contributed by atoms with E-state index in [0.29, 0.717) is 0 Å². The lowest BCUT2D eigenvalue weighted by molar-refractivity contribution is 0.255. The fraction of sp³-hybridized carbons (Fsp3) is 0.300. The summed E-state index contributed by atoms with van der Waals surface area (Å²) >= 11 is 0. The number of urea groups is 1. The molecule has 0 unspecified atom stereocenters. The number of carbonyl (C=O) groups excluding carboxylic acids is 1. The molecule has 70 valence electrons. The predicted octanol–water partition coefficient (Wildman–Crippen LogP) is 1.82. The number of nitrogens with two attached hydrogens (primary N) is 1. The molecule has 0 aliphatic rings. The van der Waals surface area contributed by atoms with Crippen molar-refractivity contribution in [2.75, 3.05) is 11.9 Å². The second-order valence-electron chi connectivity index (χ2n) is 3.17. The summed E-state index contributed by atoms with van der Waals surface area (Å²) in [5.74, 6) is 0. The first-order valence-electron chi connectivity index (χ1n) is 4.13. The molecular formula is C10H14N2O. The number of hydrogen-bond acceptors (Lipinski definition) is 1. The number of primary amides is 1. The van der Waals surface area contributed by atoms with Crippen LogP contribution >= 0.6 is 0 Å². The van der Waals surface area contributed by atoms with Crippen molar-refractivity contribution >= 4 is 11.7 Å². The molecular weight excluding hydrogens is 164 g/mol. The van der Waals surface area contributed by atoms with Crippen molar-refractivity contribution in [1.29, 1.82) is 0 Å². The standard InChI is InChI=1S/C10H14N2O/c1-7-4-5-9(6-8(7)2)12(3)10(11)13/h4-6H,1-3H3,(H2,11,13). The quantitative estimate of drug-likeness (QED) is 0.700. The van der Waals surface area contributed by atoms with Gasteiger partial charge in [-0.15, -0.1) is 0 Å². The number of rotatable bonds is 1. The molecule has 0 saturated carbocycles. The zero-order valence-electron chi connectivity index (χ0n) is 8.16. The molecule has 3 nitrogen and oxygen atoms in total. The van der Waals surface area contributed by atoms with Crippen LogP contribution in [0.3, 0.4) is 0 Å². The number of anilines is 1. The van der Waals surface area contributed by atoms with E-state index in [1.54, 1.807) is 7.05 Å². The van der Waals surface area contributed by atoms with E-state index in [9.17, 15) is 4.79 Å². The normalized spacial score (nSPS) is 9.77. The number of amides is 2. The molecule has 1 rings (SSSR count). The first-order valence-corrected chi connectivity index (χ1v) is 4.13. The Labute approximate surface area is 78.2 Å². The molecule has 0 atom stereocenters. The lowest BCUT2D eigenvalue weighted by Crippen LogP contribution is -2.31. The average molecular weight is 178 g/mol. The second-order valence-corrected chi connectivity index (χ2v) is 3.17. The summed E-state index contributed by atoms with van der Waals surface area (Å²) < 4.78 is 0. The van der Waals surface area contributed by atoms with Crippen molar-refractivity contribution < 1.29 is 4.79 Å². The topological polar surface area (TPSA) is 46.3 Å². The van der Waals surface area contributed by atoms with Crippen molar-refractivity contribution in [3.63, 3.8) is 0 Å². The fourth-order valence-electron chi connectivity index (χ4n) is 1.06.